The first-order valence-electron chi connectivity index (χ1n) is 8.77. The summed E-state index contributed by atoms with van der Waals surface area (Å²) in [4.78, 5) is 23.5. The Morgan fingerprint density at radius 1 is 1.04 bits per heavy atom. The number of hydrogen-bond donors (Lipinski definition) is 2. The molecule has 2 aromatic carbocycles. The van der Waals surface area contributed by atoms with Crippen molar-refractivity contribution < 1.29 is 27.9 Å². The maximum absolute atomic E-state index is 12.9. The molecule has 1 unspecified atom stereocenters. The predicted molar refractivity (Wildman–Crippen MR) is 99.0 cm³/mol. The van der Waals surface area contributed by atoms with Crippen molar-refractivity contribution >= 4 is 11.9 Å². The first kappa shape index (κ1) is 21.5. The van der Waals surface area contributed by atoms with Gasteiger partial charge >= 0.3 is 12.1 Å². The molecule has 0 radical (unpaired) electrons. The molecule has 28 heavy (non-hydrogen) atoms. The summed E-state index contributed by atoms with van der Waals surface area (Å²) in [7, 11) is 0. The third-order valence-electron chi connectivity index (χ3n) is 4.17. The highest BCUT2D eigenvalue weighted by atomic mass is 19.4. The zero-order valence-electron chi connectivity index (χ0n) is 15.6. The number of nitrogens with one attached hydrogen (secondary N) is 1. The standard InChI is InChI=1S/C21H22F3NO3/c1-13-6-14(2)8-16(7-13)11-19(26)25-18(12-20(27)28)10-15-4-3-5-17(9-15)21(22,23)24/h3-9,18H,10-12H2,1-2H3,(H,25,26)(H,27,28). The molecular formula is C21H22F3NO3. The summed E-state index contributed by atoms with van der Waals surface area (Å²) in [6.45, 7) is 3.82. The number of aryl methyl sites for hydroxylation is 2. The molecule has 1 amide bonds. The van der Waals surface area contributed by atoms with Gasteiger partial charge in [0, 0.05) is 6.04 Å². The Kier molecular flexibility index (Phi) is 6.83. The smallest absolute Gasteiger partial charge is 0.416 e. The molecule has 1 atom stereocenters. The first-order chi connectivity index (χ1) is 13.0. The summed E-state index contributed by atoms with van der Waals surface area (Å²) in [5.74, 6) is -1.51. The molecule has 150 valence electrons. The highest BCUT2D eigenvalue weighted by Gasteiger charge is 2.30. The van der Waals surface area contributed by atoms with Crippen LogP contribution in [0.25, 0.3) is 0 Å². The molecule has 0 fully saturated rings. The number of carbonyl (C=O) groups excluding carboxylic acids is 1. The normalized spacial score (nSPS) is 12.5. The van der Waals surface area contributed by atoms with E-state index in [-0.39, 0.29) is 25.2 Å². The van der Waals surface area contributed by atoms with Crippen molar-refractivity contribution in [3.63, 3.8) is 0 Å². The lowest BCUT2D eigenvalue weighted by molar-refractivity contribution is -0.139. The monoisotopic (exact) mass is 393 g/mol. The first-order valence-corrected chi connectivity index (χ1v) is 8.77. The number of halogens is 3. The fourth-order valence-electron chi connectivity index (χ4n) is 3.18. The molecule has 0 spiro atoms. The third-order valence-corrected chi connectivity index (χ3v) is 4.17. The Labute approximate surface area is 161 Å². The Morgan fingerprint density at radius 3 is 2.25 bits per heavy atom. The molecule has 0 bridgehead atoms. The number of alkyl halides is 3. The third kappa shape index (κ3) is 6.72. The summed E-state index contributed by atoms with van der Waals surface area (Å²) in [6, 6.07) is 9.59. The van der Waals surface area contributed by atoms with E-state index in [2.05, 4.69) is 5.32 Å². The second kappa shape index (κ2) is 8.91. The molecule has 0 saturated heterocycles. The molecule has 0 saturated carbocycles. The van der Waals surface area contributed by atoms with E-state index in [1.54, 1.807) is 0 Å². The Balaban J connectivity index is 2.11. The van der Waals surface area contributed by atoms with Gasteiger partial charge in [0.1, 0.15) is 0 Å². The molecule has 2 rings (SSSR count). The maximum Gasteiger partial charge on any atom is 0.416 e. The fraction of sp³-hybridized carbons (Fsp3) is 0.333. The molecule has 2 N–H and O–H groups in total. The van der Waals surface area contributed by atoms with Gasteiger partial charge in [-0.25, -0.2) is 0 Å². The van der Waals surface area contributed by atoms with Gasteiger partial charge in [0.25, 0.3) is 0 Å². The van der Waals surface area contributed by atoms with Crippen molar-refractivity contribution in [2.24, 2.45) is 0 Å². The van der Waals surface area contributed by atoms with Crippen LogP contribution < -0.4 is 5.32 Å². The average Bonchev–Trinajstić information content (AvgIpc) is 2.52. The molecule has 0 aliphatic carbocycles. The van der Waals surface area contributed by atoms with Gasteiger partial charge in [0.2, 0.25) is 5.91 Å². The SMILES string of the molecule is Cc1cc(C)cc(CC(=O)NC(CC(=O)O)Cc2cccc(C(F)(F)F)c2)c1. The number of hydrogen-bond acceptors (Lipinski definition) is 2. The Bertz CT molecular complexity index is 842. The lowest BCUT2D eigenvalue weighted by Crippen LogP contribution is -2.39. The van der Waals surface area contributed by atoms with Gasteiger partial charge < -0.3 is 10.4 Å². The summed E-state index contributed by atoms with van der Waals surface area (Å²) in [5.41, 5.74) is 2.32. The van der Waals surface area contributed by atoms with E-state index in [1.807, 2.05) is 32.0 Å². The molecule has 7 heteroatoms. The number of carbonyl (C=O) groups is 2. The van der Waals surface area contributed by atoms with E-state index in [1.165, 1.54) is 12.1 Å². The second-order valence-electron chi connectivity index (χ2n) is 6.94. The van der Waals surface area contributed by atoms with Gasteiger partial charge in [-0.3, -0.25) is 9.59 Å². The molecule has 4 nitrogen and oxygen atoms in total. The fourth-order valence-corrected chi connectivity index (χ4v) is 3.18. The van der Waals surface area contributed by atoms with E-state index in [4.69, 9.17) is 5.11 Å². The minimum absolute atomic E-state index is 0.00515. The van der Waals surface area contributed by atoms with Crippen molar-refractivity contribution in [2.75, 3.05) is 0 Å². The van der Waals surface area contributed by atoms with Crippen LogP contribution >= 0.6 is 0 Å². The maximum atomic E-state index is 12.9. The van der Waals surface area contributed by atoms with Crippen molar-refractivity contribution in [3.05, 3.63) is 70.3 Å². The number of rotatable bonds is 7. The Morgan fingerprint density at radius 2 is 1.68 bits per heavy atom. The van der Waals surface area contributed by atoms with Crippen LogP contribution in [0.1, 0.15) is 34.2 Å². The number of aliphatic carboxylic acids is 1. The molecule has 0 heterocycles. The minimum Gasteiger partial charge on any atom is -0.481 e. The number of carboxylic acid groups (broad SMARTS) is 1. The van der Waals surface area contributed by atoms with E-state index in [0.29, 0.717) is 5.56 Å². The second-order valence-corrected chi connectivity index (χ2v) is 6.94. The Hall–Kier alpha value is -2.83. The largest absolute Gasteiger partial charge is 0.481 e. The molecule has 0 aliphatic rings. The number of benzene rings is 2. The average molecular weight is 393 g/mol. The van der Waals surface area contributed by atoms with E-state index in [9.17, 15) is 22.8 Å². The van der Waals surface area contributed by atoms with Gasteiger partial charge in [0.05, 0.1) is 18.4 Å². The van der Waals surface area contributed by atoms with Crippen LogP contribution in [0.2, 0.25) is 0 Å². The van der Waals surface area contributed by atoms with Gasteiger partial charge in [-0.05, 0) is 37.5 Å². The molecule has 0 aliphatic heterocycles. The van der Waals surface area contributed by atoms with Gasteiger partial charge in [-0.1, -0.05) is 47.5 Å². The van der Waals surface area contributed by atoms with Crippen molar-refractivity contribution in [1.82, 2.24) is 5.32 Å². The van der Waals surface area contributed by atoms with Gasteiger partial charge in [-0.2, -0.15) is 13.2 Å². The summed E-state index contributed by atoms with van der Waals surface area (Å²) in [6.07, 6.45) is -4.80. The van der Waals surface area contributed by atoms with Crippen LogP contribution in [0.5, 0.6) is 0 Å². The molecular weight excluding hydrogens is 371 g/mol. The zero-order valence-corrected chi connectivity index (χ0v) is 15.6. The summed E-state index contributed by atoms with van der Waals surface area (Å²) < 4.78 is 38.6. The van der Waals surface area contributed by atoms with Crippen molar-refractivity contribution in [1.29, 1.82) is 0 Å². The van der Waals surface area contributed by atoms with Crippen LogP contribution in [0, 0.1) is 13.8 Å². The van der Waals surface area contributed by atoms with Crippen LogP contribution in [0.3, 0.4) is 0 Å². The minimum atomic E-state index is -4.48. The summed E-state index contributed by atoms with van der Waals surface area (Å²) >= 11 is 0. The summed E-state index contributed by atoms with van der Waals surface area (Å²) in [5, 5.41) is 11.7. The van der Waals surface area contributed by atoms with E-state index < -0.39 is 23.8 Å². The predicted octanol–water partition coefficient (Wildman–Crippen LogP) is 4.07. The molecule has 0 aromatic heterocycles. The van der Waals surface area contributed by atoms with Gasteiger partial charge in [-0.15, -0.1) is 0 Å². The van der Waals surface area contributed by atoms with Gasteiger partial charge in [0.15, 0.2) is 0 Å². The van der Waals surface area contributed by atoms with Crippen LogP contribution in [-0.4, -0.2) is 23.0 Å². The quantitative estimate of drug-likeness (QED) is 0.745. The van der Waals surface area contributed by atoms with Crippen molar-refractivity contribution in [2.45, 2.75) is 45.3 Å². The topological polar surface area (TPSA) is 66.4 Å². The lowest BCUT2D eigenvalue weighted by atomic mass is 10.00. The molecule has 2 aromatic rings. The highest BCUT2D eigenvalue weighted by molar-refractivity contribution is 5.80. The number of carboxylic acids is 1. The zero-order chi connectivity index (χ0) is 20.9. The lowest BCUT2D eigenvalue weighted by Gasteiger charge is -2.18. The van der Waals surface area contributed by atoms with E-state index in [0.717, 1.165) is 28.8 Å². The van der Waals surface area contributed by atoms with E-state index >= 15 is 0 Å². The number of amides is 1. The van der Waals surface area contributed by atoms with Crippen LogP contribution in [0.4, 0.5) is 13.2 Å². The van der Waals surface area contributed by atoms with Crippen LogP contribution in [0.15, 0.2) is 42.5 Å². The van der Waals surface area contributed by atoms with Crippen LogP contribution in [-0.2, 0) is 28.6 Å². The highest BCUT2D eigenvalue weighted by Crippen LogP contribution is 2.29. The van der Waals surface area contributed by atoms with Crippen molar-refractivity contribution in [3.8, 4) is 0 Å².